The molecule has 2 aliphatic rings. The molecular formula is C14H17Cl2N3O. The van der Waals surface area contributed by atoms with E-state index in [1.54, 1.807) is 6.07 Å². The number of nitrogens with two attached hydrogens (primary N) is 1. The fourth-order valence-corrected chi connectivity index (χ4v) is 3.24. The molecule has 0 radical (unpaired) electrons. The third-order valence-corrected chi connectivity index (χ3v) is 4.70. The molecule has 2 atom stereocenters. The van der Waals surface area contributed by atoms with Crippen molar-refractivity contribution in [3.05, 3.63) is 33.8 Å². The normalized spacial score (nSPS) is 26.1. The number of rotatable bonds is 3. The molecule has 0 aromatic heterocycles. The van der Waals surface area contributed by atoms with Gasteiger partial charge in [0.2, 0.25) is 0 Å². The van der Waals surface area contributed by atoms with E-state index in [4.69, 9.17) is 33.7 Å². The zero-order valence-electron chi connectivity index (χ0n) is 11.1. The van der Waals surface area contributed by atoms with Crippen LogP contribution in [0, 0.1) is 0 Å². The van der Waals surface area contributed by atoms with Crippen LogP contribution in [0.2, 0.25) is 10.0 Å². The Morgan fingerprint density at radius 3 is 3.00 bits per heavy atom. The van der Waals surface area contributed by atoms with Gasteiger partial charge in [0.15, 0.2) is 5.96 Å². The summed E-state index contributed by atoms with van der Waals surface area (Å²) < 4.78 is 5.69. The molecule has 2 aliphatic heterocycles. The van der Waals surface area contributed by atoms with Crippen molar-refractivity contribution >= 4 is 29.2 Å². The van der Waals surface area contributed by atoms with E-state index in [1.807, 2.05) is 12.1 Å². The minimum absolute atomic E-state index is 0.0467. The van der Waals surface area contributed by atoms with Crippen molar-refractivity contribution in [2.45, 2.75) is 25.0 Å². The lowest BCUT2D eigenvalue weighted by molar-refractivity contribution is 0.0853. The van der Waals surface area contributed by atoms with Gasteiger partial charge in [-0.05, 0) is 24.5 Å². The molecule has 0 saturated carbocycles. The average molecular weight is 314 g/mol. The number of halogens is 2. The lowest BCUT2D eigenvalue weighted by atomic mass is 10.1. The first-order chi connectivity index (χ1) is 9.66. The van der Waals surface area contributed by atoms with Crippen molar-refractivity contribution in [1.82, 2.24) is 4.90 Å². The van der Waals surface area contributed by atoms with Gasteiger partial charge < -0.3 is 15.4 Å². The van der Waals surface area contributed by atoms with Crippen LogP contribution in [-0.4, -0.2) is 36.7 Å². The molecule has 3 rings (SSSR count). The Hall–Kier alpha value is -0.970. The molecule has 1 saturated heterocycles. The van der Waals surface area contributed by atoms with Crippen LogP contribution in [0.1, 0.15) is 24.4 Å². The molecular weight excluding hydrogens is 297 g/mol. The molecule has 1 aromatic rings. The third kappa shape index (κ3) is 2.60. The topological polar surface area (TPSA) is 50.8 Å². The predicted octanol–water partition coefficient (Wildman–Crippen LogP) is 2.84. The molecule has 2 N–H and O–H groups in total. The lowest BCUT2D eigenvalue weighted by Crippen LogP contribution is -2.41. The maximum absolute atomic E-state index is 6.32. The minimum atomic E-state index is 0.0467. The molecule has 4 nitrogen and oxygen atoms in total. The molecule has 0 bridgehead atoms. The Labute approximate surface area is 128 Å². The molecule has 0 amide bonds. The summed E-state index contributed by atoms with van der Waals surface area (Å²) in [6.07, 6.45) is 2.40. The number of aliphatic imine (C=N–C) groups is 1. The highest BCUT2D eigenvalue weighted by Crippen LogP contribution is 2.35. The highest BCUT2D eigenvalue weighted by Gasteiger charge is 2.32. The zero-order valence-corrected chi connectivity index (χ0v) is 12.6. The molecule has 2 heterocycles. The first-order valence-corrected chi connectivity index (χ1v) is 7.54. The van der Waals surface area contributed by atoms with Crippen LogP contribution in [0.5, 0.6) is 0 Å². The van der Waals surface area contributed by atoms with Crippen LogP contribution in [0.15, 0.2) is 23.2 Å². The van der Waals surface area contributed by atoms with E-state index in [0.717, 1.165) is 31.6 Å². The van der Waals surface area contributed by atoms with Crippen LogP contribution in [0.4, 0.5) is 0 Å². The number of hydrogen-bond acceptors (Lipinski definition) is 4. The predicted molar refractivity (Wildman–Crippen MR) is 81.4 cm³/mol. The maximum atomic E-state index is 6.32. The fraction of sp³-hybridized carbons (Fsp3) is 0.500. The smallest absolute Gasteiger partial charge is 0.192 e. The van der Waals surface area contributed by atoms with E-state index >= 15 is 0 Å². The van der Waals surface area contributed by atoms with Gasteiger partial charge in [-0.15, -0.1) is 0 Å². The minimum Gasteiger partial charge on any atom is -0.376 e. The summed E-state index contributed by atoms with van der Waals surface area (Å²) in [5, 5.41) is 1.15. The van der Waals surface area contributed by atoms with Crippen LogP contribution in [0.3, 0.4) is 0 Å². The van der Waals surface area contributed by atoms with Crippen LogP contribution < -0.4 is 5.73 Å². The average Bonchev–Trinajstić information content (AvgIpc) is 3.06. The summed E-state index contributed by atoms with van der Waals surface area (Å²) in [5.41, 5.74) is 6.99. The quantitative estimate of drug-likeness (QED) is 0.933. The van der Waals surface area contributed by atoms with Gasteiger partial charge in [-0.2, -0.15) is 0 Å². The monoisotopic (exact) mass is 313 g/mol. The van der Waals surface area contributed by atoms with Crippen LogP contribution in [-0.2, 0) is 4.74 Å². The lowest BCUT2D eigenvalue weighted by Gasteiger charge is -2.29. The van der Waals surface area contributed by atoms with E-state index in [2.05, 4.69) is 9.89 Å². The third-order valence-electron chi connectivity index (χ3n) is 3.86. The van der Waals surface area contributed by atoms with Gasteiger partial charge in [0.25, 0.3) is 0 Å². The molecule has 2 unspecified atom stereocenters. The number of guanidine groups is 1. The Morgan fingerprint density at radius 2 is 2.25 bits per heavy atom. The largest absolute Gasteiger partial charge is 0.376 e. The summed E-state index contributed by atoms with van der Waals surface area (Å²) in [6, 6.07) is 5.72. The van der Waals surface area contributed by atoms with Crippen molar-refractivity contribution in [3.63, 3.8) is 0 Å². The number of benzene rings is 1. The highest BCUT2D eigenvalue weighted by molar-refractivity contribution is 6.42. The number of hydrogen-bond donors (Lipinski definition) is 1. The van der Waals surface area contributed by atoms with Crippen LogP contribution >= 0.6 is 23.2 Å². The van der Waals surface area contributed by atoms with Gasteiger partial charge >= 0.3 is 0 Å². The molecule has 0 aliphatic carbocycles. The van der Waals surface area contributed by atoms with Crippen LogP contribution in [0.25, 0.3) is 0 Å². The standard InChI is InChI=1S/C14H17Cl2N3O/c15-11-5-1-4-10(13(11)16)12-7-18-14(17)19(12)8-9-3-2-6-20-9/h1,4-5,9,12H,2-3,6-8H2,(H2,17,18). The second-order valence-corrected chi connectivity index (χ2v) is 5.93. The summed E-state index contributed by atoms with van der Waals surface area (Å²) >= 11 is 12.4. The van der Waals surface area contributed by atoms with Gasteiger partial charge in [-0.25, -0.2) is 0 Å². The van der Waals surface area contributed by atoms with Crippen molar-refractivity contribution in [2.75, 3.05) is 19.7 Å². The van der Waals surface area contributed by atoms with Gasteiger partial charge in [0.05, 0.1) is 28.7 Å². The Bertz CT molecular complexity index is 529. The highest BCUT2D eigenvalue weighted by atomic mass is 35.5. The summed E-state index contributed by atoms with van der Waals surface area (Å²) in [6.45, 7) is 2.19. The zero-order chi connectivity index (χ0) is 14.1. The molecule has 20 heavy (non-hydrogen) atoms. The second-order valence-electron chi connectivity index (χ2n) is 5.15. The van der Waals surface area contributed by atoms with E-state index in [-0.39, 0.29) is 12.1 Å². The van der Waals surface area contributed by atoms with E-state index in [9.17, 15) is 0 Å². The SMILES string of the molecule is NC1=NCC(c2cccc(Cl)c2Cl)N1CC1CCCO1. The second kappa shape index (κ2) is 5.80. The van der Waals surface area contributed by atoms with Crippen molar-refractivity contribution in [2.24, 2.45) is 10.7 Å². The van der Waals surface area contributed by atoms with Gasteiger partial charge in [-0.3, -0.25) is 4.99 Å². The summed E-state index contributed by atoms with van der Waals surface area (Å²) in [5.74, 6) is 0.557. The van der Waals surface area contributed by atoms with Crippen molar-refractivity contribution < 1.29 is 4.74 Å². The first kappa shape index (κ1) is 14.0. The maximum Gasteiger partial charge on any atom is 0.192 e. The molecule has 0 spiro atoms. The van der Waals surface area contributed by atoms with Crippen molar-refractivity contribution in [3.8, 4) is 0 Å². The fourth-order valence-electron chi connectivity index (χ4n) is 2.80. The van der Waals surface area contributed by atoms with Crippen molar-refractivity contribution in [1.29, 1.82) is 0 Å². The summed E-state index contributed by atoms with van der Waals surface area (Å²) in [7, 11) is 0. The van der Waals surface area contributed by atoms with Gasteiger partial charge in [0, 0.05) is 13.2 Å². The van der Waals surface area contributed by atoms with Gasteiger partial charge in [-0.1, -0.05) is 35.3 Å². The molecule has 6 heteroatoms. The number of ether oxygens (including phenoxy) is 1. The van der Waals surface area contributed by atoms with E-state index < -0.39 is 0 Å². The first-order valence-electron chi connectivity index (χ1n) is 6.79. The Morgan fingerprint density at radius 1 is 1.40 bits per heavy atom. The number of nitrogens with zero attached hydrogens (tertiary/aromatic N) is 2. The molecule has 108 valence electrons. The van der Waals surface area contributed by atoms with Gasteiger partial charge in [0.1, 0.15) is 0 Å². The summed E-state index contributed by atoms with van der Waals surface area (Å²) in [4.78, 5) is 6.43. The molecule has 1 fully saturated rings. The Balaban J connectivity index is 1.83. The van der Waals surface area contributed by atoms with E-state index in [1.165, 1.54) is 0 Å². The molecule has 1 aromatic carbocycles. The Kier molecular flexibility index (Phi) is 4.06. The van der Waals surface area contributed by atoms with E-state index in [0.29, 0.717) is 22.5 Å².